The van der Waals surface area contributed by atoms with Crippen LogP contribution in [0.25, 0.3) is 0 Å². The van der Waals surface area contributed by atoms with Crippen LogP contribution in [0.15, 0.2) is 24.3 Å². The van der Waals surface area contributed by atoms with Crippen molar-refractivity contribution in [3.05, 3.63) is 29.8 Å². The average molecular weight is 332 g/mol. The van der Waals surface area contributed by atoms with E-state index in [1.165, 1.54) is 44.1 Å². The minimum Gasteiger partial charge on any atom is -0.497 e. The Hall–Kier alpha value is -1.10. The molecule has 3 rings (SSSR count). The minimum atomic E-state index is 0.419. The molecule has 1 aromatic carbocycles. The Morgan fingerprint density at radius 1 is 1.08 bits per heavy atom. The predicted octanol–water partition coefficient (Wildman–Crippen LogP) is 3.38. The van der Waals surface area contributed by atoms with Gasteiger partial charge in [0.2, 0.25) is 0 Å². The van der Waals surface area contributed by atoms with E-state index in [1.54, 1.807) is 7.11 Å². The van der Waals surface area contributed by atoms with Gasteiger partial charge in [-0.3, -0.25) is 4.90 Å². The topological polar surface area (TPSA) is 33.7 Å². The van der Waals surface area contributed by atoms with Gasteiger partial charge in [-0.25, -0.2) is 0 Å². The van der Waals surface area contributed by atoms with Crippen LogP contribution in [0.1, 0.15) is 50.1 Å². The van der Waals surface area contributed by atoms with Crippen molar-refractivity contribution in [2.24, 2.45) is 0 Å². The van der Waals surface area contributed by atoms with Crippen LogP contribution in [-0.2, 0) is 4.74 Å². The second-order valence-corrected chi connectivity index (χ2v) is 7.03. The number of morpholine rings is 1. The van der Waals surface area contributed by atoms with E-state index in [9.17, 15) is 0 Å². The number of benzene rings is 1. The zero-order valence-corrected chi connectivity index (χ0v) is 15.0. The Labute approximate surface area is 146 Å². The zero-order valence-electron chi connectivity index (χ0n) is 15.0. The molecular weight excluding hydrogens is 300 g/mol. The summed E-state index contributed by atoms with van der Waals surface area (Å²) in [6, 6.07) is 9.70. The van der Waals surface area contributed by atoms with Crippen molar-refractivity contribution >= 4 is 0 Å². The fourth-order valence-electron chi connectivity index (χ4n) is 3.93. The van der Waals surface area contributed by atoms with Crippen LogP contribution < -0.4 is 10.1 Å². The molecule has 1 heterocycles. The Kier molecular flexibility index (Phi) is 6.94. The first kappa shape index (κ1) is 17.7. The molecule has 0 spiro atoms. The largest absolute Gasteiger partial charge is 0.497 e. The van der Waals surface area contributed by atoms with E-state index in [2.05, 4.69) is 34.5 Å². The van der Waals surface area contributed by atoms with Crippen molar-refractivity contribution in [1.82, 2.24) is 10.2 Å². The lowest BCUT2D eigenvalue weighted by Crippen LogP contribution is -2.44. The van der Waals surface area contributed by atoms with Gasteiger partial charge < -0.3 is 14.8 Å². The Balaban J connectivity index is 1.66. The molecule has 134 valence electrons. The predicted molar refractivity (Wildman–Crippen MR) is 97.6 cm³/mol. The number of methoxy groups -OCH3 is 1. The molecule has 1 atom stereocenters. The quantitative estimate of drug-likeness (QED) is 0.810. The molecule has 24 heavy (non-hydrogen) atoms. The standard InChI is InChI=1S/C20H32N2O2/c1-23-19-10-8-17(9-11-19)20(22-12-14-24-15-13-22)16-21-18-6-4-2-3-5-7-18/h8-11,18,20-21H,2-7,12-16H2,1H3. The lowest BCUT2D eigenvalue weighted by Gasteiger charge is -2.36. The smallest absolute Gasteiger partial charge is 0.118 e. The van der Waals surface area contributed by atoms with E-state index >= 15 is 0 Å². The van der Waals surface area contributed by atoms with Crippen molar-refractivity contribution in [3.8, 4) is 5.75 Å². The molecule has 1 N–H and O–H groups in total. The molecule has 2 aliphatic rings. The molecule has 1 saturated heterocycles. The summed E-state index contributed by atoms with van der Waals surface area (Å²) < 4.78 is 10.9. The average Bonchev–Trinajstić information content (AvgIpc) is 2.92. The third-order valence-corrected chi connectivity index (χ3v) is 5.44. The molecule has 0 radical (unpaired) electrons. The fourth-order valence-corrected chi connectivity index (χ4v) is 3.93. The highest BCUT2D eigenvalue weighted by Gasteiger charge is 2.24. The fraction of sp³-hybridized carbons (Fsp3) is 0.700. The van der Waals surface area contributed by atoms with Gasteiger partial charge in [-0.2, -0.15) is 0 Å². The molecule has 1 aliphatic carbocycles. The number of hydrogen-bond donors (Lipinski definition) is 1. The van der Waals surface area contributed by atoms with Gasteiger partial charge in [-0.05, 0) is 30.5 Å². The molecule has 0 bridgehead atoms. The van der Waals surface area contributed by atoms with E-state index in [0.29, 0.717) is 12.1 Å². The van der Waals surface area contributed by atoms with Crippen molar-refractivity contribution < 1.29 is 9.47 Å². The number of rotatable bonds is 6. The van der Waals surface area contributed by atoms with E-state index in [1.807, 2.05) is 0 Å². The molecule has 1 unspecified atom stereocenters. The molecule has 1 aromatic rings. The maximum absolute atomic E-state index is 5.55. The van der Waals surface area contributed by atoms with Crippen LogP contribution in [-0.4, -0.2) is 50.9 Å². The summed E-state index contributed by atoms with van der Waals surface area (Å²) in [5.74, 6) is 0.927. The maximum Gasteiger partial charge on any atom is 0.118 e. The van der Waals surface area contributed by atoms with Crippen molar-refractivity contribution in [1.29, 1.82) is 0 Å². The monoisotopic (exact) mass is 332 g/mol. The minimum absolute atomic E-state index is 0.419. The summed E-state index contributed by atoms with van der Waals surface area (Å²) in [6.07, 6.45) is 8.23. The molecule has 0 aromatic heterocycles. The zero-order chi connectivity index (χ0) is 16.6. The third kappa shape index (κ3) is 4.95. The molecular formula is C20H32N2O2. The van der Waals surface area contributed by atoms with Gasteiger partial charge >= 0.3 is 0 Å². The molecule has 1 saturated carbocycles. The van der Waals surface area contributed by atoms with Gasteiger partial charge in [0.1, 0.15) is 5.75 Å². The SMILES string of the molecule is COc1ccc(C(CNC2CCCCCC2)N2CCOCC2)cc1. The van der Waals surface area contributed by atoms with Gasteiger partial charge in [0, 0.05) is 31.7 Å². The van der Waals surface area contributed by atoms with Crippen LogP contribution in [0.3, 0.4) is 0 Å². The molecule has 0 amide bonds. The first-order valence-electron chi connectivity index (χ1n) is 9.56. The van der Waals surface area contributed by atoms with Crippen molar-refractivity contribution in [2.75, 3.05) is 40.0 Å². The van der Waals surface area contributed by atoms with Gasteiger partial charge in [-0.15, -0.1) is 0 Å². The highest BCUT2D eigenvalue weighted by atomic mass is 16.5. The van der Waals surface area contributed by atoms with Crippen molar-refractivity contribution in [3.63, 3.8) is 0 Å². The second kappa shape index (κ2) is 9.40. The Morgan fingerprint density at radius 2 is 1.75 bits per heavy atom. The lowest BCUT2D eigenvalue weighted by molar-refractivity contribution is 0.0155. The summed E-state index contributed by atoms with van der Waals surface area (Å²) in [5.41, 5.74) is 1.37. The van der Waals surface area contributed by atoms with E-state index in [-0.39, 0.29) is 0 Å². The van der Waals surface area contributed by atoms with E-state index in [4.69, 9.17) is 9.47 Å². The summed E-state index contributed by atoms with van der Waals surface area (Å²) in [6.45, 7) is 4.75. The highest BCUT2D eigenvalue weighted by molar-refractivity contribution is 5.29. The lowest BCUT2D eigenvalue weighted by atomic mass is 10.0. The maximum atomic E-state index is 5.55. The normalized spacial score (nSPS) is 22.0. The summed E-state index contributed by atoms with van der Waals surface area (Å²) in [7, 11) is 1.72. The van der Waals surface area contributed by atoms with Crippen LogP contribution in [0.2, 0.25) is 0 Å². The number of ether oxygens (including phenoxy) is 2. The first-order chi connectivity index (χ1) is 11.9. The Morgan fingerprint density at radius 3 is 2.38 bits per heavy atom. The second-order valence-electron chi connectivity index (χ2n) is 7.03. The third-order valence-electron chi connectivity index (χ3n) is 5.44. The first-order valence-corrected chi connectivity index (χ1v) is 9.56. The van der Waals surface area contributed by atoms with Crippen molar-refractivity contribution in [2.45, 2.75) is 50.6 Å². The van der Waals surface area contributed by atoms with Crippen LogP contribution in [0, 0.1) is 0 Å². The van der Waals surface area contributed by atoms with Crippen LogP contribution in [0.5, 0.6) is 5.75 Å². The number of nitrogens with zero attached hydrogens (tertiary/aromatic N) is 1. The molecule has 4 nitrogen and oxygen atoms in total. The van der Waals surface area contributed by atoms with Crippen LogP contribution in [0.4, 0.5) is 0 Å². The number of nitrogens with one attached hydrogen (secondary N) is 1. The van der Waals surface area contributed by atoms with Crippen LogP contribution >= 0.6 is 0 Å². The van der Waals surface area contributed by atoms with Gasteiger partial charge in [0.15, 0.2) is 0 Å². The summed E-state index contributed by atoms with van der Waals surface area (Å²) in [5, 5.41) is 3.87. The molecule has 2 fully saturated rings. The van der Waals surface area contributed by atoms with E-state index < -0.39 is 0 Å². The summed E-state index contributed by atoms with van der Waals surface area (Å²) in [4.78, 5) is 2.56. The van der Waals surface area contributed by atoms with Gasteiger partial charge in [-0.1, -0.05) is 37.8 Å². The summed E-state index contributed by atoms with van der Waals surface area (Å²) >= 11 is 0. The van der Waals surface area contributed by atoms with E-state index in [0.717, 1.165) is 38.6 Å². The molecule has 4 heteroatoms. The number of hydrogen-bond acceptors (Lipinski definition) is 4. The Bertz CT molecular complexity index is 463. The molecule has 1 aliphatic heterocycles. The highest BCUT2D eigenvalue weighted by Crippen LogP contribution is 2.25. The van der Waals surface area contributed by atoms with Gasteiger partial charge in [0.05, 0.1) is 20.3 Å². The van der Waals surface area contributed by atoms with Gasteiger partial charge in [0.25, 0.3) is 0 Å².